The van der Waals surface area contributed by atoms with Gasteiger partial charge in [0.15, 0.2) is 0 Å². The highest BCUT2D eigenvalue weighted by Gasteiger charge is 2.24. The Bertz CT molecular complexity index is 870. The second-order valence-corrected chi connectivity index (χ2v) is 8.62. The van der Waals surface area contributed by atoms with Crippen molar-refractivity contribution in [2.75, 3.05) is 25.4 Å². The third-order valence-corrected chi connectivity index (χ3v) is 5.82. The number of hydrogen-bond donors (Lipinski definition) is 3. The van der Waals surface area contributed by atoms with E-state index in [2.05, 4.69) is 69.3 Å². The molecule has 0 radical (unpaired) electrons. The lowest BCUT2D eigenvalue weighted by atomic mass is 10.1. The molecular formula is C22H27IN4O2. The number of rotatable bonds is 7. The molecular weight excluding hydrogens is 479 g/mol. The molecule has 0 spiro atoms. The van der Waals surface area contributed by atoms with Crippen LogP contribution in [-0.4, -0.2) is 42.4 Å². The van der Waals surface area contributed by atoms with Crippen molar-refractivity contribution in [1.29, 1.82) is 0 Å². The van der Waals surface area contributed by atoms with Crippen LogP contribution in [0.1, 0.15) is 34.8 Å². The average molecular weight is 506 g/mol. The van der Waals surface area contributed by atoms with Crippen LogP contribution in [-0.2, 0) is 17.8 Å². The minimum Gasteiger partial charge on any atom is -0.398 e. The third-order valence-electron chi connectivity index (χ3n) is 5.14. The number of amides is 2. The summed E-state index contributed by atoms with van der Waals surface area (Å²) in [6.45, 7) is 4.75. The molecule has 1 atom stereocenters. The Morgan fingerprint density at radius 1 is 1.17 bits per heavy atom. The Morgan fingerprint density at radius 3 is 2.62 bits per heavy atom. The average Bonchev–Trinajstić information content (AvgIpc) is 3.15. The van der Waals surface area contributed by atoms with E-state index in [-0.39, 0.29) is 24.4 Å². The molecule has 4 N–H and O–H groups in total. The lowest BCUT2D eigenvalue weighted by molar-refractivity contribution is -0.120. The van der Waals surface area contributed by atoms with Gasteiger partial charge in [-0.05, 0) is 64.8 Å². The lowest BCUT2D eigenvalue weighted by Gasteiger charge is -2.17. The minimum atomic E-state index is -0.334. The second kappa shape index (κ2) is 10.1. The largest absolute Gasteiger partial charge is 0.398 e. The molecule has 0 aromatic heterocycles. The zero-order valence-electron chi connectivity index (χ0n) is 16.6. The van der Waals surface area contributed by atoms with Crippen LogP contribution in [0.2, 0.25) is 0 Å². The molecule has 1 fully saturated rings. The van der Waals surface area contributed by atoms with Crippen molar-refractivity contribution in [2.24, 2.45) is 0 Å². The molecule has 6 nitrogen and oxygen atoms in total. The van der Waals surface area contributed by atoms with Gasteiger partial charge in [0, 0.05) is 34.9 Å². The molecule has 0 aliphatic carbocycles. The quantitative estimate of drug-likeness (QED) is 0.398. The lowest BCUT2D eigenvalue weighted by Crippen LogP contribution is -2.43. The van der Waals surface area contributed by atoms with Crippen molar-refractivity contribution in [1.82, 2.24) is 15.5 Å². The van der Waals surface area contributed by atoms with E-state index in [4.69, 9.17) is 5.73 Å². The summed E-state index contributed by atoms with van der Waals surface area (Å²) in [5, 5.41) is 5.67. The summed E-state index contributed by atoms with van der Waals surface area (Å²) in [4.78, 5) is 26.9. The summed E-state index contributed by atoms with van der Waals surface area (Å²) in [6, 6.07) is 14.1. The number of halogens is 1. The minimum absolute atomic E-state index is 0.0568. The van der Waals surface area contributed by atoms with E-state index in [1.807, 2.05) is 6.07 Å². The molecule has 2 amide bonds. The van der Waals surface area contributed by atoms with E-state index in [0.29, 0.717) is 11.3 Å². The highest BCUT2D eigenvalue weighted by atomic mass is 127. The smallest absolute Gasteiger partial charge is 0.253 e. The Balaban J connectivity index is 1.43. The Kier molecular flexibility index (Phi) is 7.49. The van der Waals surface area contributed by atoms with Crippen LogP contribution in [0, 0.1) is 3.57 Å². The summed E-state index contributed by atoms with van der Waals surface area (Å²) in [5.41, 5.74) is 9.28. The molecule has 1 aliphatic rings. The first-order chi connectivity index (χ1) is 13.9. The number of hydrogen-bond acceptors (Lipinski definition) is 4. The molecule has 2 aromatic carbocycles. The molecule has 0 bridgehead atoms. The van der Waals surface area contributed by atoms with E-state index in [9.17, 15) is 9.59 Å². The maximum Gasteiger partial charge on any atom is 0.253 e. The van der Waals surface area contributed by atoms with Crippen molar-refractivity contribution in [3.8, 4) is 0 Å². The number of anilines is 1. The molecule has 7 heteroatoms. The van der Waals surface area contributed by atoms with Crippen LogP contribution < -0.4 is 16.4 Å². The second-order valence-electron chi connectivity index (χ2n) is 7.37. The highest BCUT2D eigenvalue weighted by molar-refractivity contribution is 14.1. The number of nitrogens with zero attached hydrogens (tertiary/aromatic N) is 1. The highest BCUT2D eigenvalue weighted by Crippen LogP contribution is 2.16. The molecule has 29 heavy (non-hydrogen) atoms. The predicted octanol–water partition coefficient (Wildman–Crippen LogP) is 2.56. The van der Waals surface area contributed by atoms with Crippen LogP contribution in [0.25, 0.3) is 0 Å². The van der Waals surface area contributed by atoms with Crippen LogP contribution in [0.3, 0.4) is 0 Å². The van der Waals surface area contributed by atoms with E-state index < -0.39 is 0 Å². The van der Waals surface area contributed by atoms with Gasteiger partial charge in [0.05, 0.1) is 12.1 Å². The summed E-state index contributed by atoms with van der Waals surface area (Å²) in [7, 11) is 0. The molecule has 3 rings (SSSR count). The Labute approximate surface area is 185 Å². The van der Waals surface area contributed by atoms with Gasteiger partial charge in [0.1, 0.15) is 0 Å². The first-order valence-electron chi connectivity index (χ1n) is 9.87. The van der Waals surface area contributed by atoms with Gasteiger partial charge >= 0.3 is 0 Å². The van der Waals surface area contributed by atoms with Gasteiger partial charge in [-0.2, -0.15) is 0 Å². The first kappa shape index (κ1) is 21.6. The maximum absolute atomic E-state index is 12.3. The number of nitrogen functional groups attached to an aromatic ring is 1. The van der Waals surface area contributed by atoms with Crippen molar-refractivity contribution in [3.63, 3.8) is 0 Å². The summed E-state index contributed by atoms with van der Waals surface area (Å²) < 4.78 is 0.918. The van der Waals surface area contributed by atoms with Gasteiger partial charge in [0.2, 0.25) is 5.91 Å². The number of aryl methyl sites for hydroxylation is 1. The fourth-order valence-electron chi connectivity index (χ4n) is 3.49. The zero-order chi connectivity index (χ0) is 20.8. The fourth-order valence-corrected chi connectivity index (χ4v) is 3.98. The Hall–Kier alpha value is -2.13. The number of benzene rings is 2. The fraction of sp³-hybridized carbons (Fsp3) is 0.364. The molecule has 1 aliphatic heterocycles. The third kappa shape index (κ3) is 6.17. The van der Waals surface area contributed by atoms with Gasteiger partial charge in [-0.25, -0.2) is 0 Å². The molecule has 0 unspecified atom stereocenters. The van der Waals surface area contributed by atoms with Gasteiger partial charge < -0.3 is 16.4 Å². The van der Waals surface area contributed by atoms with Crippen LogP contribution in [0.15, 0.2) is 42.5 Å². The number of nitrogens with one attached hydrogen (secondary N) is 2. The number of likely N-dealkylation sites (tertiary alicyclic amines) is 1. The van der Waals surface area contributed by atoms with Crippen LogP contribution >= 0.6 is 22.6 Å². The van der Waals surface area contributed by atoms with Gasteiger partial charge in [-0.3, -0.25) is 14.5 Å². The van der Waals surface area contributed by atoms with Gasteiger partial charge in [0.25, 0.3) is 5.91 Å². The number of carbonyl (C=O) groups excluding carboxylic acids is 2. The van der Waals surface area contributed by atoms with Crippen molar-refractivity contribution < 1.29 is 9.59 Å². The van der Waals surface area contributed by atoms with E-state index >= 15 is 0 Å². The Morgan fingerprint density at radius 2 is 1.90 bits per heavy atom. The molecule has 1 heterocycles. The van der Waals surface area contributed by atoms with Crippen molar-refractivity contribution in [3.05, 3.63) is 62.7 Å². The SMILES string of the molecule is CCc1ccc(CN2CC[C@@H](NC(=O)CNC(=O)c3cc(I)ccc3N)C2)cc1. The molecule has 1 saturated heterocycles. The van der Waals surface area contributed by atoms with E-state index in [0.717, 1.165) is 36.0 Å². The summed E-state index contributed by atoms with van der Waals surface area (Å²) >= 11 is 2.12. The number of nitrogens with two attached hydrogens (primary N) is 1. The van der Waals surface area contributed by atoms with Crippen LogP contribution in [0.4, 0.5) is 5.69 Å². The molecule has 154 valence electrons. The predicted molar refractivity (Wildman–Crippen MR) is 124 cm³/mol. The van der Waals surface area contributed by atoms with Gasteiger partial charge in [-0.15, -0.1) is 0 Å². The van der Waals surface area contributed by atoms with E-state index in [1.54, 1.807) is 12.1 Å². The molecule has 2 aromatic rings. The van der Waals surface area contributed by atoms with Gasteiger partial charge in [-0.1, -0.05) is 31.2 Å². The van der Waals surface area contributed by atoms with Crippen molar-refractivity contribution >= 4 is 40.1 Å². The zero-order valence-corrected chi connectivity index (χ0v) is 18.7. The number of carbonyl (C=O) groups is 2. The van der Waals surface area contributed by atoms with E-state index in [1.165, 1.54) is 11.1 Å². The normalized spacial score (nSPS) is 16.6. The summed E-state index contributed by atoms with van der Waals surface area (Å²) in [6.07, 6.45) is 1.96. The maximum atomic E-state index is 12.3. The summed E-state index contributed by atoms with van der Waals surface area (Å²) in [5.74, 6) is -0.513. The monoisotopic (exact) mass is 506 g/mol. The molecule has 0 saturated carbocycles. The topological polar surface area (TPSA) is 87.5 Å². The first-order valence-corrected chi connectivity index (χ1v) is 10.9. The van der Waals surface area contributed by atoms with Crippen LogP contribution in [0.5, 0.6) is 0 Å². The standard InChI is InChI=1S/C22H27IN4O2/c1-2-15-3-5-16(6-4-15)13-27-10-9-18(14-27)26-21(28)12-25-22(29)19-11-17(23)7-8-20(19)24/h3-8,11,18H,2,9-10,12-14,24H2,1H3,(H,25,29)(H,26,28)/t18-/m1/s1. The van der Waals surface area contributed by atoms with Crippen molar-refractivity contribution in [2.45, 2.75) is 32.4 Å².